The van der Waals surface area contributed by atoms with Crippen LogP contribution in [-0.2, 0) is 10.3 Å². The van der Waals surface area contributed by atoms with Crippen LogP contribution >= 0.6 is 0 Å². The molecule has 1 saturated heterocycles. The summed E-state index contributed by atoms with van der Waals surface area (Å²) < 4.78 is 1.97. The fourth-order valence-electron chi connectivity index (χ4n) is 4.34. The highest BCUT2D eigenvalue weighted by molar-refractivity contribution is 5.92. The summed E-state index contributed by atoms with van der Waals surface area (Å²) in [5, 5.41) is 7.78. The van der Waals surface area contributed by atoms with Crippen LogP contribution in [0.5, 0.6) is 0 Å². The van der Waals surface area contributed by atoms with Crippen molar-refractivity contribution in [2.75, 3.05) is 40.3 Å². The molecule has 0 aromatic carbocycles. The van der Waals surface area contributed by atoms with Crippen molar-refractivity contribution < 1.29 is 9.59 Å². The van der Waals surface area contributed by atoms with Crippen molar-refractivity contribution in [3.05, 3.63) is 17.5 Å². The van der Waals surface area contributed by atoms with Gasteiger partial charge in [0, 0.05) is 37.8 Å². The van der Waals surface area contributed by atoms with Gasteiger partial charge in [-0.05, 0) is 65.1 Å². The molecule has 1 aromatic rings. The van der Waals surface area contributed by atoms with E-state index < -0.39 is 0 Å². The van der Waals surface area contributed by atoms with Gasteiger partial charge in [0.05, 0.1) is 5.54 Å². The number of carbonyl (C=O) groups is 2. The minimum Gasteiger partial charge on any atom is -0.355 e. The number of hydrogen-bond acceptors (Lipinski definition) is 4. The van der Waals surface area contributed by atoms with E-state index >= 15 is 0 Å². The lowest BCUT2D eigenvalue weighted by atomic mass is 9.91. The molecule has 0 aliphatic carbocycles. The first-order chi connectivity index (χ1) is 14.2. The molecule has 2 heterocycles. The zero-order valence-electron chi connectivity index (χ0n) is 21.1. The minimum atomic E-state index is -0.177. The summed E-state index contributed by atoms with van der Waals surface area (Å²) in [5.74, 6) is 0.339. The summed E-state index contributed by atoms with van der Waals surface area (Å²) in [7, 11) is 4.09. The lowest BCUT2D eigenvalue weighted by Gasteiger charge is -2.32. The van der Waals surface area contributed by atoms with E-state index in [0.717, 1.165) is 12.2 Å². The first kappa shape index (κ1) is 25.4. The second-order valence-corrected chi connectivity index (χ2v) is 11.4. The van der Waals surface area contributed by atoms with Crippen molar-refractivity contribution in [2.24, 2.45) is 11.3 Å². The Morgan fingerprint density at radius 2 is 1.74 bits per heavy atom. The molecule has 2 rings (SSSR count). The fourth-order valence-corrected chi connectivity index (χ4v) is 4.34. The maximum absolute atomic E-state index is 13.1. The van der Waals surface area contributed by atoms with Crippen molar-refractivity contribution in [3.8, 4) is 0 Å². The van der Waals surface area contributed by atoms with Gasteiger partial charge in [0.2, 0.25) is 5.91 Å². The number of aromatic nitrogens is 2. The van der Waals surface area contributed by atoms with Crippen LogP contribution < -0.4 is 5.32 Å². The van der Waals surface area contributed by atoms with Crippen LogP contribution in [0.3, 0.4) is 0 Å². The number of rotatable bonds is 7. The molecule has 0 unspecified atom stereocenters. The van der Waals surface area contributed by atoms with Crippen molar-refractivity contribution in [3.63, 3.8) is 0 Å². The number of hydrogen-bond donors (Lipinski definition) is 1. The molecule has 1 N–H and O–H groups in total. The summed E-state index contributed by atoms with van der Waals surface area (Å²) >= 11 is 0. The normalized spacial score (nSPS) is 16.3. The third-order valence-corrected chi connectivity index (χ3v) is 5.82. The molecule has 1 aromatic heterocycles. The third kappa shape index (κ3) is 6.79. The minimum absolute atomic E-state index is 0.0236. The maximum atomic E-state index is 13.1. The fraction of sp³-hybridized carbons (Fsp3) is 0.792. The molecule has 2 amide bonds. The van der Waals surface area contributed by atoms with Gasteiger partial charge in [-0.1, -0.05) is 27.7 Å². The molecular weight excluding hydrogens is 390 g/mol. The molecular formula is C24H43N5O2. The highest BCUT2D eigenvalue weighted by atomic mass is 16.2. The SMILES string of the molecule is CC(C)c1cc(C(=O)N2CCC(C(=O)NCC(C)(C)CN(C)C)CC2)nn1C(C)(C)C. The van der Waals surface area contributed by atoms with Gasteiger partial charge in [0.25, 0.3) is 5.91 Å². The van der Waals surface area contributed by atoms with Crippen LogP contribution in [0.25, 0.3) is 0 Å². The average molecular weight is 434 g/mol. The highest BCUT2D eigenvalue weighted by Crippen LogP contribution is 2.25. The van der Waals surface area contributed by atoms with Crippen LogP contribution in [0.2, 0.25) is 0 Å². The lowest BCUT2D eigenvalue weighted by molar-refractivity contribution is -0.126. The second-order valence-electron chi connectivity index (χ2n) is 11.4. The summed E-state index contributed by atoms with van der Waals surface area (Å²) in [6.07, 6.45) is 1.39. The average Bonchev–Trinajstić information content (AvgIpc) is 3.11. The molecule has 0 atom stereocenters. The Morgan fingerprint density at radius 1 is 1.16 bits per heavy atom. The van der Waals surface area contributed by atoms with Crippen LogP contribution in [0.4, 0.5) is 0 Å². The van der Waals surface area contributed by atoms with Gasteiger partial charge in [-0.2, -0.15) is 5.10 Å². The largest absolute Gasteiger partial charge is 0.355 e. The van der Waals surface area contributed by atoms with Gasteiger partial charge in [-0.3, -0.25) is 14.3 Å². The van der Waals surface area contributed by atoms with E-state index in [1.165, 1.54) is 0 Å². The third-order valence-electron chi connectivity index (χ3n) is 5.82. The molecule has 176 valence electrons. The Labute approximate surface area is 188 Å². The zero-order chi connectivity index (χ0) is 23.6. The van der Waals surface area contributed by atoms with E-state index in [9.17, 15) is 9.59 Å². The Morgan fingerprint density at radius 3 is 2.19 bits per heavy atom. The molecule has 0 saturated carbocycles. The molecule has 0 radical (unpaired) electrons. The molecule has 7 nitrogen and oxygen atoms in total. The van der Waals surface area contributed by atoms with Gasteiger partial charge in [-0.15, -0.1) is 0 Å². The Balaban J connectivity index is 1.95. The summed E-state index contributed by atoms with van der Waals surface area (Å²) in [4.78, 5) is 29.7. The zero-order valence-corrected chi connectivity index (χ0v) is 21.1. The predicted octanol–water partition coefficient (Wildman–Crippen LogP) is 3.32. The van der Waals surface area contributed by atoms with Crippen molar-refractivity contribution in [1.82, 2.24) is 24.9 Å². The quantitative estimate of drug-likeness (QED) is 0.716. The van der Waals surface area contributed by atoms with Crippen LogP contribution in [0, 0.1) is 11.3 Å². The first-order valence-electron chi connectivity index (χ1n) is 11.5. The van der Waals surface area contributed by atoms with E-state index in [1.54, 1.807) is 0 Å². The lowest BCUT2D eigenvalue weighted by Crippen LogP contribution is -2.46. The molecule has 1 aliphatic heterocycles. The van der Waals surface area contributed by atoms with E-state index in [-0.39, 0.29) is 28.7 Å². The Bertz CT molecular complexity index is 765. The van der Waals surface area contributed by atoms with Crippen molar-refractivity contribution >= 4 is 11.8 Å². The van der Waals surface area contributed by atoms with Crippen LogP contribution in [0.15, 0.2) is 6.07 Å². The summed E-state index contributed by atoms with van der Waals surface area (Å²) in [6.45, 7) is 17.6. The van der Waals surface area contributed by atoms with Crippen molar-refractivity contribution in [2.45, 2.75) is 72.8 Å². The molecule has 1 aliphatic rings. The standard InChI is InChI=1S/C24H43N5O2/c1-17(2)20-14-19(26-29(20)23(3,4)5)22(31)28-12-10-18(11-13-28)21(30)25-15-24(6,7)16-27(8)9/h14,17-18H,10-13,15-16H2,1-9H3,(H,25,30). The Hall–Kier alpha value is -1.89. The van der Waals surface area contributed by atoms with E-state index in [1.807, 2.05) is 29.7 Å². The van der Waals surface area contributed by atoms with Gasteiger partial charge in [0.1, 0.15) is 0 Å². The monoisotopic (exact) mass is 433 g/mol. The number of amides is 2. The van der Waals surface area contributed by atoms with Gasteiger partial charge >= 0.3 is 0 Å². The van der Waals surface area contributed by atoms with Gasteiger partial charge < -0.3 is 15.1 Å². The molecule has 0 spiro atoms. The predicted molar refractivity (Wildman–Crippen MR) is 125 cm³/mol. The summed E-state index contributed by atoms with van der Waals surface area (Å²) in [5.41, 5.74) is 1.43. The number of nitrogens with one attached hydrogen (secondary N) is 1. The van der Waals surface area contributed by atoms with Gasteiger partial charge in [0.15, 0.2) is 5.69 Å². The molecule has 7 heteroatoms. The summed E-state index contributed by atoms with van der Waals surface area (Å²) in [6, 6.07) is 1.93. The smallest absolute Gasteiger partial charge is 0.274 e. The maximum Gasteiger partial charge on any atom is 0.274 e. The Kier molecular flexibility index (Phi) is 7.95. The number of likely N-dealkylation sites (tertiary alicyclic amines) is 1. The first-order valence-corrected chi connectivity index (χ1v) is 11.5. The number of carbonyl (C=O) groups excluding carboxylic acids is 2. The highest BCUT2D eigenvalue weighted by Gasteiger charge is 2.31. The number of piperidine rings is 1. The van der Waals surface area contributed by atoms with Crippen LogP contribution in [-0.4, -0.2) is 71.7 Å². The van der Waals surface area contributed by atoms with Gasteiger partial charge in [-0.25, -0.2) is 0 Å². The number of nitrogens with zero attached hydrogens (tertiary/aromatic N) is 4. The topological polar surface area (TPSA) is 70.5 Å². The molecule has 31 heavy (non-hydrogen) atoms. The second kappa shape index (κ2) is 9.72. The molecule has 0 bridgehead atoms. The van der Waals surface area contributed by atoms with E-state index in [2.05, 4.69) is 63.8 Å². The van der Waals surface area contributed by atoms with Crippen molar-refractivity contribution in [1.29, 1.82) is 0 Å². The van der Waals surface area contributed by atoms with Crippen LogP contribution in [0.1, 0.15) is 83.4 Å². The molecule has 1 fully saturated rings. The van der Waals surface area contributed by atoms with E-state index in [0.29, 0.717) is 44.1 Å². The van der Waals surface area contributed by atoms with E-state index in [4.69, 9.17) is 0 Å².